The van der Waals surface area contributed by atoms with Crippen LogP contribution >= 0.6 is 23.2 Å². The van der Waals surface area contributed by atoms with Crippen LogP contribution < -0.4 is 5.43 Å². The molecule has 0 radical (unpaired) electrons. The first-order valence-electron chi connectivity index (χ1n) is 5.13. The Bertz CT molecular complexity index is 589. The third kappa shape index (κ3) is 1.95. The fourth-order valence-electron chi connectivity index (χ4n) is 1.75. The van der Waals surface area contributed by atoms with Gasteiger partial charge in [0.25, 0.3) is 0 Å². The summed E-state index contributed by atoms with van der Waals surface area (Å²) in [5, 5.41) is 1.42. The van der Waals surface area contributed by atoms with Crippen molar-refractivity contribution in [2.45, 2.75) is 19.8 Å². The van der Waals surface area contributed by atoms with Crippen LogP contribution in [0.3, 0.4) is 0 Å². The zero-order valence-corrected chi connectivity index (χ0v) is 10.3. The summed E-state index contributed by atoms with van der Waals surface area (Å²) < 4.78 is 0. The number of aromatic nitrogens is 1. The van der Waals surface area contributed by atoms with Gasteiger partial charge in [-0.25, -0.2) is 0 Å². The average molecular weight is 256 g/mol. The number of halogens is 2. The molecule has 0 unspecified atom stereocenters. The molecule has 1 aromatic heterocycles. The molecule has 0 bridgehead atoms. The Morgan fingerprint density at radius 1 is 1.25 bits per heavy atom. The highest BCUT2D eigenvalue weighted by Gasteiger charge is 2.08. The zero-order chi connectivity index (χ0) is 11.7. The lowest BCUT2D eigenvalue weighted by Gasteiger charge is -2.05. The number of rotatable bonds is 2. The molecule has 2 aromatic rings. The number of pyridine rings is 1. The van der Waals surface area contributed by atoms with Crippen molar-refractivity contribution in [2.24, 2.45) is 0 Å². The van der Waals surface area contributed by atoms with Gasteiger partial charge in [0, 0.05) is 11.8 Å². The van der Waals surface area contributed by atoms with Crippen LogP contribution in [0.5, 0.6) is 0 Å². The third-order valence-corrected chi connectivity index (χ3v) is 3.09. The number of H-pyrrole nitrogens is 1. The first-order chi connectivity index (χ1) is 7.63. The van der Waals surface area contributed by atoms with Crippen LogP contribution in [0.15, 0.2) is 23.0 Å². The summed E-state index contributed by atoms with van der Waals surface area (Å²) in [7, 11) is 0. The van der Waals surface area contributed by atoms with Crippen LogP contribution in [-0.4, -0.2) is 4.98 Å². The lowest BCUT2D eigenvalue weighted by atomic mass is 10.1. The van der Waals surface area contributed by atoms with Gasteiger partial charge in [-0.05, 0) is 18.6 Å². The Hall–Kier alpha value is -0.990. The van der Waals surface area contributed by atoms with E-state index in [1.165, 1.54) is 0 Å². The van der Waals surface area contributed by atoms with Gasteiger partial charge in [0.2, 0.25) is 0 Å². The molecule has 0 amide bonds. The summed E-state index contributed by atoms with van der Waals surface area (Å²) in [5.74, 6) is 0. The predicted molar refractivity (Wildman–Crippen MR) is 68.6 cm³/mol. The SMILES string of the molecule is CCCc1cc(=O)c2c(Cl)ccc(Cl)c2[nH]1. The van der Waals surface area contributed by atoms with Crippen molar-refractivity contribution in [3.8, 4) is 0 Å². The maximum absolute atomic E-state index is 11.9. The van der Waals surface area contributed by atoms with E-state index in [-0.39, 0.29) is 5.43 Å². The second-order valence-electron chi connectivity index (χ2n) is 3.69. The fraction of sp³-hybridized carbons (Fsp3) is 0.250. The minimum atomic E-state index is -0.0790. The van der Waals surface area contributed by atoms with Gasteiger partial charge in [0.1, 0.15) is 0 Å². The van der Waals surface area contributed by atoms with Crippen molar-refractivity contribution in [3.05, 3.63) is 44.2 Å². The van der Waals surface area contributed by atoms with E-state index in [1.807, 2.05) is 0 Å². The minimum absolute atomic E-state index is 0.0790. The number of nitrogens with one attached hydrogen (secondary N) is 1. The lowest BCUT2D eigenvalue weighted by Crippen LogP contribution is -2.06. The highest BCUT2D eigenvalue weighted by atomic mass is 35.5. The Balaban J connectivity index is 2.81. The van der Waals surface area contributed by atoms with E-state index in [0.717, 1.165) is 18.5 Å². The molecule has 2 nitrogen and oxygen atoms in total. The molecule has 16 heavy (non-hydrogen) atoms. The van der Waals surface area contributed by atoms with Crippen molar-refractivity contribution in [3.63, 3.8) is 0 Å². The molecule has 0 aliphatic carbocycles. The molecule has 4 heteroatoms. The number of benzene rings is 1. The van der Waals surface area contributed by atoms with Crippen LogP contribution in [-0.2, 0) is 6.42 Å². The second kappa shape index (κ2) is 4.48. The molecule has 0 aliphatic rings. The van der Waals surface area contributed by atoms with E-state index < -0.39 is 0 Å². The van der Waals surface area contributed by atoms with E-state index in [2.05, 4.69) is 11.9 Å². The highest BCUT2D eigenvalue weighted by molar-refractivity contribution is 6.39. The molecule has 0 spiro atoms. The smallest absolute Gasteiger partial charge is 0.191 e. The molecule has 1 aromatic carbocycles. The van der Waals surface area contributed by atoms with Crippen molar-refractivity contribution in [2.75, 3.05) is 0 Å². The molecule has 0 aliphatic heterocycles. The molecule has 84 valence electrons. The van der Waals surface area contributed by atoms with Gasteiger partial charge in [0.15, 0.2) is 5.43 Å². The van der Waals surface area contributed by atoms with Gasteiger partial charge in [-0.2, -0.15) is 0 Å². The summed E-state index contributed by atoms with van der Waals surface area (Å²) in [6, 6.07) is 4.92. The van der Waals surface area contributed by atoms with Crippen LogP contribution in [0, 0.1) is 0 Å². The summed E-state index contributed by atoms with van der Waals surface area (Å²) in [6.45, 7) is 2.06. The largest absolute Gasteiger partial charge is 0.357 e. The van der Waals surface area contributed by atoms with Crippen LogP contribution in [0.1, 0.15) is 19.0 Å². The van der Waals surface area contributed by atoms with Gasteiger partial charge < -0.3 is 4.98 Å². The topological polar surface area (TPSA) is 32.9 Å². The maximum Gasteiger partial charge on any atom is 0.191 e. The summed E-state index contributed by atoms with van der Waals surface area (Å²) in [5.41, 5.74) is 1.44. The van der Waals surface area contributed by atoms with Gasteiger partial charge in [-0.1, -0.05) is 36.5 Å². The molecule has 0 atom stereocenters. The van der Waals surface area contributed by atoms with Crippen LogP contribution in [0.25, 0.3) is 10.9 Å². The average Bonchev–Trinajstić information content (AvgIpc) is 2.23. The van der Waals surface area contributed by atoms with Crippen molar-refractivity contribution < 1.29 is 0 Å². The molecular formula is C12H11Cl2NO. The molecule has 0 saturated heterocycles. The predicted octanol–water partition coefficient (Wildman–Crippen LogP) is 3.79. The van der Waals surface area contributed by atoms with Crippen molar-refractivity contribution in [1.29, 1.82) is 0 Å². The third-order valence-electron chi connectivity index (χ3n) is 2.46. The normalized spacial score (nSPS) is 10.9. The standard InChI is InChI=1S/C12H11Cl2NO/c1-2-3-7-6-10(16)11-8(13)4-5-9(14)12(11)15-7/h4-6H,2-3H2,1H3,(H,15,16). The number of fused-ring (bicyclic) bond motifs is 1. The van der Waals surface area contributed by atoms with Crippen molar-refractivity contribution >= 4 is 34.1 Å². The zero-order valence-electron chi connectivity index (χ0n) is 8.81. The number of hydrogen-bond acceptors (Lipinski definition) is 1. The van der Waals surface area contributed by atoms with Crippen LogP contribution in [0.4, 0.5) is 0 Å². The molecule has 2 rings (SSSR count). The molecule has 0 saturated carbocycles. The maximum atomic E-state index is 11.9. The van der Waals surface area contributed by atoms with Gasteiger partial charge in [0.05, 0.1) is 20.9 Å². The van der Waals surface area contributed by atoms with E-state index in [1.54, 1.807) is 18.2 Å². The quantitative estimate of drug-likeness (QED) is 0.871. The molecule has 1 N–H and O–H groups in total. The summed E-state index contributed by atoms with van der Waals surface area (Å²) in [4.78, 5) is 15.0. The van der Waals surface area contributed by atoms with Crippen LogP contribution in [0.2, 0.25) is 10.0 Å². The van der Waals surface area contributed by atoms with Gasteiger partial charge in [-0.15, -0.1) is 0 Å². The molecule has 0 fully saturated rings. The fourth-order valence-corrected chi connectivity index (χ4v) is 2.20. The Labute approximate surface area is 103 Å². The Morgan fingerprint density at radius 2 is 1.94 bits per heavy atom. The highest BCUT2D eigenvalue weighted by Crippen LogP contribution is 2.26. The van der Waals surface area contributed by atoms with E-state index in [4.69, 9.17) is 23.2 Å². The van der Waals surface area contributed by atoms with Crippen molar-refractivity contribution in [1.82, 2.24) is 4.98 Å². The first kappa shape index (κ1) is 11.5. The second-order valence-corrected chi connectivity index (χ2v) is 4.50. The number of hydrogen-bond donors (Lipinski definition) is 1. The summed E-state index contributed by atoms with van der Waals surface area (Å²) >= 11 is 12.0. The Morgan fingerprint density at radius 3 is 2.62 bits per heavy atom. The number of aromatic amines is 1. The van der Waals surface area contributed by atoms with E-state index >= 15 is 0 Å². The van der Waals surface area contributed by atoms with E-state index in [9.17, 15) is 4.79 Å². The van der Waals surface area contributed by atoms with Gasteiger partial charge in [-0.3, -0.25) is 4.79 Å². The lowest BCUT2D eigenvalue weighted by molar-refractivity contribution is 0.888. The summed E-state index contributed by atoms with van der Waals surface area (Å²) in [6.07, 6.45) is 1.80. The number of aryl methyl sites for hydroxylation is 1. The first-order valence-corrected chi connectivity index (χ1v) is 5.89. The minimum Gasteiger partial charge on any atom is -0.357 e. The molecular weight excluding hydrogens is 245 g/mol. The molecule has 1 heterocycles. The Kier molecular flexibility index (Phi) is 3.22. The van der Waals surface area contributed by atoms with Gasteiger partial charge >= 0.3 is 0 Å². The van der Waals surface area contributed by atoms with E-state index in [0.29, 0.717) is 20.9 Å². The monoisotopic (exact) mass is 255 g/mol.